The number of aromatic nitrogens is 1. The molecule has 0 radical (unpaired) electrons. The Morgan fingerprint density at radius 3 is 2.79 bits per heavy atom. The molecule has 1 aromatic carbocycles. The van der Waals surface area contributed by atoms with Gasteiger partial charge in [-0.15, -0.1) is 0 Å². The first-order chi connectivity index (χ1) is 9.35. The molecule has 0 spiro atoms. The van der Waals surface area contributed by atoms with Crippen molar-refractivity contribution in [3.63, 3.8) is 0 Å². The van der Waals surface area contributed by atoms with Crippen LogP contribution in [-0.2, 0) is 6.42 Å². The van der Waals surface area contributed by atoms with E-state index in [1.54, 1.807) is 0 Å². The van der Waals surface area contributed by atoms with Crippen LogP contribution in [0.1, 0.15) is 31.4 Å². The first kappa shape index (κ1) is 12.6. The number of rotatable bonds is 5. The van der Waals surface area contributed by atoms with Gasteiger partial charge < -0.3 is 5.32 Å². The number of pyridine rings is 1. The van der Waals surface area contributed by atoms with Crippen molar-refractivity contribution in [2.45, 2.75) is 38.1 Å². The zero-order valence-corrected chi connectivity index (χ0v) is 11.6. The molecule has 1 fully saturated rings. The minimum Gasteiger partial charge on any atom is -0.317 e. The minimum absolute atomic E-state index is 0.568. The summed E-state index contributed by atoms with van der Waals surface area (Å²) in [5, 5.41) is 4.69. The third-order valence-corrected chi connectivity index (χ3v) is 4.36. The highest BCUT2D eigenvalue weighted by Gasteiger charge is 2.21. The fourth-order valence-corrected chi connectivity index (χ4v) is 2.91. The largest absolute Gasteiger partial charge is 0.317 e. The zero-order chi connectivity index (χ0) is 13.1. The molecule has 2 heteroatoms. The molecular formula is C17H22N2. The van der Waals surface area contributed by atoms with Crippen molar-refractivity contribution in [3.8, 4) is 0 Å². The summed E-state index contributed by atoms with van der Waals surface area (Å²) >= 11 is 0. The summed E-state index contributed by atoms with van der Waals surface area (Å²) in [5.74, 6) is 0.943. The predicted molar refractivity (Wildman–Crippen MR) is 80.3 cm³/mol. The fourth-order valence-electron chi connectivity index (χ4n) is 2.91. The van der Waals surface area contributed by atoms with Crippen molar-refractivity contribution in [1.29, 1.82) is 0 Å². The molecule has 1 N–H and O–H groups in total. The van der Waals surface area contributed by atoms with Crippen LogP contribution in [0.15, 0.2) is 36.4 Å². The van der Waals surface area contributed by atoms with Gasteiger partial charge in [0.25, 0.3) is 0 Å². The Balaban J connectivity index is 1.71. The topological polar surface area (TPSA) is 24.9 Å². The van der Waals surface area contributed by atoms with Gasteiger partial charge in [-0.1, -0.05) is 43.5 Å². The van der Waals surface area contributed by atoms with Crippen molar-refractivity contribution < 1.29 is 0 Å². The molecule has 1 aliphatic rings. The fraction of sp³-hybridized carbons (Fsp3) is 0.471. The van der Waals surface area contributed by atoms with Crippen LogP contribution in [0, 0.1) is 5.92 Å². The van der Waals surface area contributed by atoms with Crippen LogP contribution in [0.4, 0.5) is 0 Å². The van der Waals surface area contributed by atoms with Crippen molar-refractivity contribution in [1.82, 2.24) is 10.3 Å². The van der Waals surface area contributed by atoms with E-state index in [9.17, 15) is 0 Å². The molecule has 1 atom stereocenters. The number of para-hydroxylation sites is 1. The lowest BCUT2D eigenvalue weighted by molar-refractivity contribution is 0.263. The van der Waals surface area contributed by atoms with E-state index >= 15 is 0 Å². The van der Waals surface area contributed by atoms with Crippen LogP contribution in [0.25, 0.3) is 10.9 Å². The Kier molecular flexibility index (Phi) is 3.79. The highest BCUT2D eigenvalue weighted by atomic mass is 14.9. The van der Waals surface area contributed by atoms with Crippen LogP contribution in [-0.4, -0.2) is 18.1 Å². The van der Waals surface area contributed by atoms with Crippen molar-refractivity contribution in [2.24, 2.45) is 5.92 Å². The lowest BCUT2D eigenvalue weighted by atomic mass is 9.80. The number of fused-ring (bicyclic) bond motifs is 1. The molecule has 0 aliphatic heterocycles. The normalized spacial score (nSPS) is 17.3. The molecule has 2 nitrogen and oxygen atoms in total. The van der Waals surface area contributed by atoms with Gasteiger partial charge in [0.1, 0.15) is 0 Å². The van der Waals surface area contributed by atoms with Crippen molar-refractivity contribution in [2.75, 3.05) is 7.05 Å². The monoisotopic (exact) mass is 254 g/mol. The zero-order valence-electron chi connectivity index (χ0n) is 11.6. The number of benzene rings is 1. The van der Waals surface area contributed by atoms with Crippen molar-refractivity contribution >= 4 is 10.9 Å². The lowest BCUT2D eigenvalue weighted by Gasteiger charge is -2.29. The molecule has 0 amide bonds. The van der Waals surface area contributed by atoms with Gasteiger partial charge in [0.05, 0.1) is 5.52 Å². The highest BCUT2D eigenvalue weighted by Crippen LogP contribution is 2.31. The molecule has 1 saturated carbocycles. The Bertz CT molecular complexity index is 546. The summed E-state index contributed by atoms with van der Waals surface area (Å²) in [6.07, 6.45) is 6.60. The summed E-state index contributed by atoms with van der Waals surface area (Å²) in [6, 6.07) is 13.3. The molecule has 1 unspecified atom stereocenters. The number of hydrogen-bond donors (Lipinski definition) is 1. The van der Waals surface area contributed by atoms with E-state index in [1.165, 1.54) is 36.8 Å². The molecule has 1 aromatic heterocycles. The Morgan fingerprint density at radius 1 is 1.21 bits per heavy atom. The van der Waals surface area contributed by atoms with Crippen LogP contribution in [0.2, 0.25) is 0 Å². The second-order valence-electron chi connectivity index (χ2n) is 5.72. The van der Waals surface area contributed by atoms with Crippen LogP contribution in [0.3, 0.4) is 0 Å². The lowest BCUT2D eigenvalue weighted by Crippen LogP contribution is -2.32. The van der Waals surface area contributed by atoms with Gasteiger partial charge >= 0.3 is 0 Å². The molecular weight excluding hydrogens is 232 g/mol. The van der Waals surface area contributed by atoms with Crippen LogP contribution < -0.4 is 5.32 Å². The Hall–Kier alpha value is -1.41. The average molecular weight is 254 g/mol. The first-order valence-electron chi connectivity index (χ1n) is 7.37. The molecule has 0 bridgehead atoms. The van der Waals surface area contributed by atoms with Gasteiger partial charge in [-0.25, -0.2) is 0 Å². The molecule has 19 heavy (non-hydrogen) atoms. The summed E-state index contributed by atoms with van der Waals surface area (Å²) in [5.41, 5.74) is 2.32. The molecule has 3 rings (SSSR count). The summed E-state index contributed by atoms with van der Waals surface area (Å²) < 4.78 is 0. The van der Waals surface area contributed by atoms with Crippen LogP contribution >= 0.6 is 0 Å². The molecule has 0 saturated heterocycles. The van der Waals surface area contributed by atoms with E-state index in [4.69, 9.17) is 4.98 Å². The molecule has 2 aromatic rings. The second-order valence-corrected chi connectivity index (χ2v) is 5.72. The van der Waals surface area contributed by atoms with Gasteiger partial charge in [0, 0.05) is 23.5 Å². The number of nitrogens with zero attached hydrogens (tertiary/aromatic N) is 1. The quantitative estimate of drug-likeness (QED) is 0.882. The predicted octanol–water partition coefficient (Wildman–Crippen LogP) is 3.56. The smallest absolute Gasteiger partial charge is 0.0705 e. The maximum Gasteiger partial charge on any atom is 0.0705 e. The third-order valence-electron chi connectivity index (χ3n) is 4.36. The maximum absolute atomic E-state index is 4.77. The molecule has 100 valence electrons. The van der Waals surface area contributed by atoms with Gasteiger partial charge in [0.2, 0.25) is 0 Å². The van der Waals surface area contributed by atoms with E-state index in [-0.39, 0.29) is 0 Å². The Morgan fingerprint density at radius 2 is 2.05 bits per heavy atom. The molecule has 1 aliphatic carbocycles. The van der Waals surface area contributed by atoms with Crippen LogP contribution in [0.5, 0.6) is 0 Å². The standard InChI is InChI=1S/C17H22N2/c1-18-16(11-13-5-4-6-13)12-15-10-9-14-7-2-3-8-17(14)19-15/h2-3,7-10,13,16,18H,4-6,11-12H2,1H3. The third kappa shape index (κ3) is 2.95. The highest BCUT2D eigenvalue weighted by molar-refractivity contribution is 5.78. The second kappa shape index (κ2) is 5.70. The molecule has 1 heterocycles. The summed E-state index contributed by atoms with van der Waals surface area (Å²) in [4.78, 5) is 4.77. The summed E-state index contributed by atoms with van der Waals surface area (Å²) in [7, 11) is 2.07. The van der Waals surface area contributed by atoms with E-state index in [0.29, 0.717) is 6.04 Å². The van der Waals surface area contributed by atoms with E-state index in [2.05, 4.69) is 48.8 Å². The minimum atomic E-state index is 0.568. The first-order valence-corrected chi connectivity index (χ1v) is 7.37. The van der Waals surface area contributed by atoms with Crippen molar-refractivity contribution in [3.05, 3.63) is 42.1 Å². The number of likely N-dealkylation sites (N-methyl/N-ethyl adjacent to an activating group) is 1. The number of hydrogen-bond acceptors (Lipinski definition) is 2. The summed E-state index contributed by atoms with van der Waals surface area (Å²) in [6.45, 7) is 0. The van der Waals surface area contributed by atoms with E-state index in [1.807, 2.05) is 0 Å². The Labute approximate surface area is 115 Å². The SMILES string of the molecule is CNC(Cc1ccc2ccccc2n1)CC1CCC1. The maximum atomic E-state index is 4.77. The van der Waals surface area contributed by atoms with Gasteiger partial charge in [-0.2, -0.15) is 0 Å². The van der Waals surface area contributed by atoms with E-state index < -0.39 is 0 Å². The van der Waals surface area contributed by atoms with Gasteiger partial charge in [0.15, 0.2) is 0 Å². The van der Waals surface area contributed by atoms with Gasteiger partial charge in [-0.3, -0.25) is 4.98 Å². The average Bonchev–Trinajstić information content (AvgIpc) is 2.41. The van der Waals surface area contributed by atoms with Gasteiger partial charge in [-0.05, 0) is 31.5 Å². The number of nitrogens with one attached hydrogen (secondary N) is 1. The van der Waals surface area contributed by atoms with E-state index in [0.717, 1.165) is 17.9 Å².